The Labute approximate surface area is 101 Å². The smallest absolute Gasteiger partial charge is 0.400 e. The van der Waals surface area contributed by atoms with Crippen LogP contribution in [-0.4, -0.2) is 28.9 Å². The predicted molar refractivity (Wildman–Crippen MR) is 55.9 cm³/mol. The van der Waals surface area contributed by atoms with Crippen LogP contribution in [0.4, 0.5) is 13.2 Å². The first kappa shape index (κ1) is 14.3. The minimum atomic E-state index is -4.58. The molecule has 18 heavy (non-hydrogen) atoms. The van der Waals surface area contributed by atoms with E-state index in [1.807, 2.05) is 0 Å². The first-order chi connectivity index (χ1) is 8.34. The van der Waals surface area contributed by atoms with Crippen LogP contribution < -0.4 is 11.1 Å². The molecule has 0 saturated heterocycles. The van der Waals surface area contributed by atoms with Crippen LogP contribution in [0.15, 0.2) is 15.7 Å². The Morgan fingerprint density at radius 2 is 2.33 bits per heavy atom. The van der Waals surface area contributed by atoms with E-state index in [1.165, 1.54) is 0 Å². The summed E-state index contributed by atoms with van der Waals surface area (Å²) in [6.45, 7) is 1.26. The number of amidine groups is 1. The molecule has 0 bridgehead atoms. The zero-order valence-electron chi connectivity index (χ0n) is 9.53. The van der Waals surface area contributed by atoms with Gasteiger partial charge in [-0.05, 0) is 6.92 Å². The number of rotatable bonds is 5. The summed E-state index contributed by atoms with van der Waals surface area (Å²) in [4.78, 5) is 0. The van der Waals surface area contributed by atoms with Gasteiger partial charge in [-0.1, -0.05) is 10.3 Å². The van der Waals surface area contributed by atoms with Gasteiger partial charge in [0.25, 0.3) is 0 Å². The van der Waals surface area contributed by atoms with E-state index in [4.69, 9.17) is 15.5 Å². The molecule has 0 radical (unpaired) electrons. The van der Waals surface area contributed by atoms with Crippen molar-refractivity contribution in [3.8, 4) is 0 Å². The Balaban J connectivity index is 2.53. The van der Waals surface area contributed by atoms with Gasteiger partial charge in [-0.3, -0.25) is 0 Å². The van der Waals surface area contributed by atoms with Crippen molar-refractivity contribution in [3.05, 3.63) is 17.5 Å². The molecule has 0 saturated carbocycles. The lowest BCUT2D eigenvalue weighted by atomic mass is 10.1. The molecule has 1 atom stereocenters. The SMILES string of the molecule is Cc1cc(CNCC(/C(N)=N/O)C(F)(F)F)on1. The molecule has 1 rings (SSSR count). The maximum absolute atomic E-state index is 12.5. The maximum Gasteiger partial charge on any atom is 0.400 e. The molecule has 0 aliphatic heterocycles. The number of alkyl halides is 3. The van der Waals surface area contributed by atoms with E-state index in [2.05, 4.69) is 15.6 Å². The summed E-state index contributed by atoms with van der Waals surface area (Å²) in [5, 5.41) is 16.8. The lowest BCUT2D eigenvalue weighted by Crippen LogP contribution is -2.42. The Morgan fingerprint density at radius 3 is 2.78 bits per heavy atom. The highest BCUT2D eigenvalue weighted by Gasteiger charge is 2.42. The quantitative estimate of drug-likeness (QED) is 0.320. The van der Waals surface area contributed by atoms with Crippen LogP contribution >= 0.6 is 0 Å². The zero-order chi connectivity index (χ0) is 13.8. The van der Waals surface area contributed by atoms with Crippen LogP contribution in [0.5, 0.6) is 0 Å². The standard InChI is InChI=1S/C9H13F3N4O2/c1-5-2-6(18-16-5)3-14-4-7(8(13)15-17)9(10,11)12/h2,7,14,17H,3-4H2,1H3,(H2,13,15). The van der Waals surface area contributed by atoms with Gasteiger partial charge in [-0.25, -0.2) is 0 Å². The first-order valence-corrected chi connectivity index (χ1v) is 5.01. The zero-order valence-corrected chi connectivity index (χ0v) is 9.53. The maximum atomic E-state index is 12.5. The second-order valence-electron chi connectivity index (χ2n) is 3.68. The monoisotopic (exact) mass is 266 g/mol. The molecular weight excluding hydrogens is 253 g/mol. The van der Waals surface area contributed by atoms with E-state index < -0.39 is 24.5 Å². The molecule has 102 valence electrons. The van der Waals surface area contributed by atoms with Gasteiger partial charge in [0, 0.05) is 12.6 Å². The molecular formula is C9H13F3N4O2. The highest BCUT2D eigenvalue weighted by atomic mass is 19.4. The second-order valence-corrected chi connectivity index (χ2v) is 3.68. The van der Waals surface area contributed by atoms with E-state index in [9.17, 15) is 13.2 Å². The molecule has 6 nitrogen and oxygen atoms in total. The van der Waals surface area contributed by atoms with E-state index in [-0.39, 0.29) is 6.54 Å². The summed E-state index contributed by atoms with van der Waals surface area (Å²) >= 11 is 0. The molecule has 0 aliphatic rings. The number of nitrogens with two attached hydrogens (primary N) is 1. The fourth-order valence-electron chi connectivity index (χ4n) is 1.30. The Kier molecular flexibility index (Phi) is 4.54. The average Bonchev–Trinajstić information content (AvgIpc) is 2.68. The van der Waals surface area contributed by atoms with Gasteiger partial charge >= 0.3 is 6.18 Å². The Hall–Kier alpha value is -1.77. The molecule has 1 aromatic rings. The molecule has 0 amide bonds. The Morgan fingerprint density at radius 1 is 1.67 bits per heavy atom. The average molecular weight is 266 g/mol. The van der Waals surface area contributed by atoms with E-state index in [0.717, 1.165) is 0 Å². The van der Waals surface area contributed by atoms with E-state index in [0.29, 0.717) is 11.5 Å². The number of aryl methyl sites for hydroxylation is 1. The number of nitrogens with one attached hydrogen (secondary N) is 1. The topological polar surface area (TPSA) is 96.7 Å². The molecule has 0 spiro atoms. The lowest BCUT2D eigenvalue weighted by molar-refractivity contribution is -0.155. The van der Waals surface area contributed by atoms with Crippen molar-refractivity contribution >= 4 is 5.84 Å². The van der Waals surface area contributed by atoms with Gasteiger partial charge in [0.1, 0.15) is 5.92 Å². The van der Waals surface area contributed by atoms with Crippen LogP contribution in [0.25, 0.3) is 0 Å². The normalized spacial score (nSPS) is 14.8. The highest BCUT2D eigenvalue weighted by molar-refractivity contribution is 5.83. The first-order valence-electron chi connectivity index (χ1n) is 5.01. The third kappa shape index (κ3) is 3.91. The summed E-state index contributed by atoms with van der Waals surface area (Å²) in [5.74, 6) is -2.52. The van der Waals surface area contributed by atoms with E-state index >= 15 is 0 Å². The van der Waals surface area contributed by atoms with Crippen molar-refractivity contribution in [1.29, 1.82) is 0 Å². The van der Waals surface area contributed by atoms with Crippen LogP contribution in [0.2, 0.25) is 0 Å². The van der Waals surface area contributed by atoms with Gasteiger partial charge in [0.15, 0.2) is 11.6 Å². The van der Waals surface area contributed by atoms with Gasteiger partial charge in [0.05, 0.1) is 12.2 Å². The van der Waals surface area contributed by atoms with Crippen molar-refractivity contribution in [2.45, 2.75) is 19.6 Å². The van der Waals surface area contributed by atoms with Crippen molar-refractivity contribution in [2.75, 3.05) is 6.54 Å². The molecule has 0 aromatic carbocycles. The minimum absolute atomic E-state index is 0.0755. The predicted octanol–water partition coefficient (Wildman–Crippen LogP) is 0.998. The van der Waals surface area contributed by atoms with Crippen LogP contribution in [-0.2, 0) is 6.54 Å². The number of hydrogen-bond donors (Lipinski definition) is 3. The molecule has 1 aromatic heterocycles. The van der Waals surface area contributed by atoms with Crippen molar-refractivity contribution < 1.29 is 22.9 Å². The molecule has 1 heterocycles. The number of hydrogen-bond acceptors (Lipinski definition) is 5. The largest absolute Gasteiger partial charge is 0.409 e. The summed E-state index contributed by atoms with van der Waals surface area (Å²) in [5.41, 5.74) is 5.63. The molecule has 0 aliphatic carbocycles. The summed E-state index contributed by atoms with van der Waals surface area (Å²) in [6.07, 6.45) is -4.58. The van der Waals surface area contributed by atoms with Gasteiger partial charge in [-0.15, -0.1) is 0 Å². The molecule has 9 heteroatoms. The summed E-state index contributed by atoms with van der Waals surface area (Å²) < 4.78 is 42.4. The highest BCUT2D eigenvalue weighted by Crippen LogP contribution is 2.25. The van der Waals surface area contributed by atoms with Crippen LogP contribution in [0, 0.1) is 12.8 Å². The third-order valence-corrected chi connectivity index (χ3v) is 2.19. The van der Waals surface area contributed by atoms with Crippen LogP contribution in [0.1, 0.15) is 11.5 Å². The summed E-state index contributed by atoms with van der Waals surface area (Å²) in [6, 6.07) is 1.60. The second kappa shape index (κ2) is 5.71. The number of aromatic nitrogens is 1. The Bertz CT molecular complexity index is 416. The lowest BCUT2D eigenvalue weighted by Gasteiger charge is -2.18. The van der Waals surface area contributed by atoms with Crippen molar-refractivity contribution in [2.24, 2.45) is 16.8 Å². The fraction of sp³-hybridized carbons (Fsp3) is 0.556. The number of halogens is 3. The van der Waals surface area contributed by atoms with E-state index in [1.54, 1.807) is 13.0 Å². The van der Waals surface area contributed by atoms with Gasteiger partial charge < -0.3 is 20.8 Å². The molecule has 1 unspecified atom stereocenters. The summed E-state index contributed by atoms with van der Waals surface area (Å²) in [7, 11) is 0. The van der Waals surface area contributed by atoms with Gasteiger partial charge in [-0.2, -0.15) is 13.2 Å². The van der Waals surface area contributed by atoms with Crippen molar-refractivity contribution in [1.82, 2.24) is 10.5 Å². The number of nitrogens with zero attached hydrogens (tertiary/aromatic N) is 2. The van der Waals surface area contributed by atoms with Gasteiger partial charge in [0.2, 0.25) is 0 Å². The fourth-order valence-corrected chi connectivity index (χ4v) is 1.30. The minimum Gasteiger partial charge on any atom is -0.409 e. The molecule has 0 fully saturated rings. The van der Waals surface area contributed by atoms with Crippen molar-refractivity contribution in [3.63, 3.8) is 0 Å². The third-order valence-electron chi connectivity index (χ3n) is 2.19. The van der Waals surface area contributed by atoms with Crippen LogP contribution in [0.3, 0.4) is 0 Å². The number of oxime groups is 1. The molecule has 4 N–H and O–H groups in total.